The molecule has 104 valence electrons. The van der Waals surface area contributed by atoms with Crippen molar-refractivity contribution in [2.75, 3.05) is 5.32 Å². The van der Waals surface area contributed by atoms with Crippen molar-refractivity contribution < 1.29 is 18.0 Å². The standard InChI is InChI=1S/C14H10F3NOS/c15-14(16,17)10-4-1-2-5-11(10)18-8-7-12(19)13-6-3-9-20-13/h1-9,18H/b8-7+. The molecule has 0 spiro atoms. The summed E-state index contributed by atoms with van der Waals surface area (Å²) in [7, 11) is 0. The molecule has 6 heteroatoms. The van der Waals surface area contributed by atoms with Gasteiger partial charge in [-0.25, -0.2) is 0 Å². The van der Waals surface area contributed by atoms with Gasteiger partial charge in [0.05, 0.1) is 16.1 Å². The van der Waals surface area contributed by atoms with E-state index in [4.69, 9.17) is 0 Å². The van der Waals surface area contributed by atoms with Crippen molar-refractivity contribution in [3.63, 3.8) is 0 Å². The highest BCUT2D eigenvalue weighted by molar-refractivity contribution is 7.12. The van der Waals surface area contributed by atoms with Gasteiger partial charge in [-0.15, -0.1) is 11.3 Å². The first-order valence-electron chi connectivity index (χ1n) is 5.65. The molecular formula is C14H10F3NOS. The number of benzene rings is 1. The van der Waals surface area contributed by atoms with E-state index < -0.39 is 11.7 Å². The van der Waals surface area contributed by atoms with Gasteiger partial charge in [-0.1, -0.05) is 18.2 Å². The van der Waals surface area contributed by atoms with E-state index in [2.05, 4.69) is 5.32 Å². The highest BCUT2D eigenvalue weighted by Crippen LogP contribution is 2.34. The van der Waals surface area contributed by atoms with Gasteiger partial charge < -0.3 is 5.32 Å². The molecule has 0 unspecified atom stereocenters. The second kappa shape index (κ2) is 5.92. The lowest BCUT2D eigenvalue weighted by Crippen LogP contribution is -2.08. The number of ketones is 1. The van der Waals surface area contributed by atoms with Crippen LogP contribution in [0.4, 0.5) is 18.9 Å². The van der Waals surface area contributed by atoms with E-state index in [0.717, 1.165) is 6.07 Å². The Labute approximate surface area is 117 Å². The predicted octanol–water partition coefficient (Wildman–Crippen LogP) is 4.58. The van der Waals surface area contributed by atoms with Gasteiger partial charge in [-0.2, -0.15) is 13.2 Å². The molecule has 0 aliphatic carbocycles. The molecule has 20 heavy (non-hydrogen) atoms. The molecule has 2 aromatic rings. The maximum atomic E-state index is 12.7. The third kappa shape index (κ3) is 3.48. The van der Waals surface area contributed by atoms with Crippen LogP contribution in [0.25, 0.3) is 0 Å². The smallest absolute Gasteiger partial charge is 0.361 e. The third-order valence-electron chi connectivity index (χ3n) is 2.47. The molecule has 0 saturated carbocycles. The Bertz CT molecular complexity index is 618. The summed E-state index contributed by atoms with van der Waals surface area (Å²) in [6, 6.07) is 8.49. The van der Waals surface area contributed by atoms with E-state index in [1.807, 2.05) is 0 Å². The monoisotopic (exact) mass is 297 g/mol. The van der Waals surface area contributed by atoms with Crippen molar-refractivity contribution in [3.05, 3.63) is 64.5 Å². The number of para-hydroxylation sites is 1. The molecule has 1 aromatic carbocycles. The van der Waals surface area contributed by atoms with Crippen LogP contribution in [0.15, 0.2) is 54.1 Å². The molecule has 0 fully saturated rings. The summed E-state index contributed by atoms with van der Waals surface area (Å²) in [5.74, 6) is -0.253. The van der Waals surface area contributed by atoms with Crippen LogP contribution in [0.2, 0.25) is 0 Å². The Hall–Kier alpha value is -2.08. The first kappa shape index (κ1) is 14.3. The SMILES string of the molecule is O=C(/C=C/Nc1ccccc1C(F)(F)F)c1cccs1. The lowest BCUT2D eigenvalue weighted by molar-refractivity contribution is -0.136. The molecule has 0 aliphatic rings. The van der Waals surface area contributed by atoms with Gasteiger partial charge in [0.15, 0.2) is 5.78 Å². The van der Waals surface area contributed by atoms with Gasteiger partial charge in [-0.3, -0.25) is 4.79 Å². The first-order valence-corrected chi connectivity index (χ1v) is 6.53. The van der Waals surface area contributed by atoms with Crippen LogP contribution in [-0.2, 0) is 6.18 Å². The van der Waals surface area contributed by atoms with Crippen LogP contribution in [0.3, 0.4) is 0 Å². The van der Waals surface area contributed by atoms with Gasteiger partial charge >= 0.3 is 6.18 Å². The number of anilines is 1. The lowest BCUT2D eigenvalue weighted by atomic mass is 10.1. The van der Waals surface area contributed by atoms with Gasteiger partial charge in [0.1, 0.15) is 0 Å². The van der Waals surface area contributed by atoms with E-state index in [9.17, 15) is 18.0 Å². The highest BCUT2D eigenvalue weighted by atomic mass is 32.1. The molecule has 0 radical (unpaired) electrons. The number of carbonyl (C=O) groups excluding carboxylic acids is 1. The molecule has 1 aromatic heterocycles. The molecule has 0 saturated heterocycles. The lowest BCUT2D eigenvalue weighted by Gasteiger charge is -2.11. The molecule has 1 heterocycles. The van der Waals surface area contributed by atoms with E-state index in [1.54, 1.807) is 17.5 Å². The zero-order valence-electron chi connectivity index (χ0n) is 10.1. The van der Waals surface area contributed by atoms with Gasteiger partial charge in [0, 0.05) is 12.3 Å². The van der Waals surface area contributed by atoms with Crippen molar-refractivity contribution >= 4 is 22.8 Å². The Morgan fingerprint density at radius 1 is 1.15 bits per heavy atom. The fraction of sp³-hybridized carbons (Fsp3) is 0.0714. The fourth-order valence-corrected chi connectivity index (χ4v) is 2.21. The Morgan fingerprint density at radius 3 is 2.55 bits per heavy atom. The molecule has 0 amide bonds. The first-order chi connectivity index (χ1) is 9.48. The van der Waals surface area contributed by atoms with Gasteiger partial charge in [-0.05, 0) is 23.6 Å². The number of hydrogen-bond acceptors (Lipinski definition) is 3. The summed E-state index contributed by atoms with van der Waals surface area (Å²) in [6.45, 7) is 0. The molecule has 0 atom stereocenters. The van der Waals surface area contributed by atoms with E-state index in [0.29, 0.717) is 4.88 Å². The van der Waals surface area contributed by atoms with Crippen LogP contribution in [-0.4, -0.2) is 5.78 Å². The van der Waals surface area contributed by atoms with Crippen LogP contribution < -0.4 is 5.32 Å². The minimum absolute atomic E-state index is 0.0878. The van der Waals surface area contributed by atoms with Gasteiger partial charge in [0.25, 0.3) is 0 Å². The van der Waals surface area contributed by atoms with Crippen LogP contribution >= 0.6 is 11.3 Å². The zero-order chi connectivity index (χ0) is 14.6. The quantitative estimate of drug-likeness (QED) is 0.661. The second-order valence-electron chi connectivity index (χ2n) is 3.86. The molecule has 0 bridgehead atoms. The minimum Gasteiger partial charge on any atom is -0.361 e. The number of halogens is 3. The number of rotatable bonds is 4. The number of thiophene rings is 1. The van der Waals surface area contributed by atoms with Crippen molar-refractivity contribution in [1.29, 1.82) is 0 Å². The number of nitrogens with one attached hydrogen (secondary N) is 1. The fourth-order valence-electron chi connectivity index (χ4n) is 1.56. The number of allylic oxidation sites excluding steroid dienone is 1. The van der Waals surface area contributed by atoms with Crippen molar-refractivity contribution in [3.8, 4) is 0 Å². The Balaban J connectivity index is 2.10. The number of hydrogen-bond donors (Lipinski definition) is 1. The molecule has 2 rings (SSSR count). The summed E-state index contributed by atoms with van der Waals surface area (Å²) in [5.41, 5.74) is -0.858. The van der Waals surface area contributed by atoms with Crippen molar-refractivity contribution in [1.82, 2.24) is 0 Å². The summed E-state index contributed by atoms with van der Waals surface area (Å²) in [5, 5.41) is 4.25. The zero-order valence-corrected chi connectivity index (χ0v) is 11.0. The van der Waals surface area contributed by atoms with Crippen LogP contribution in [0, 0.1) is 0 Å². The summed E-state index contributed by atoms with van der Waals surface area (Å²) < 4.78 is 38.2. The van der Waals surface area contributed by atoms with Crippen molar-refractivity contribution in [2.45, 2.75) is 6.18 Å². The van der Waals surface area contributed by atoms with Crippen molar-refractivity contribution in [2.24, 2.45) is 0 Å². The number of alkyl halides is 3. The maximum Gasteiger partial charge on any atom is 0.418 e. The molecule has 0 aliphatic heterocycles. The summed E-state index contributed by atoms with van der Waals surface area (Å²) in [6.07, 6.45) is -2.01. The molecule has 2 nitrogen and oxygen atoms in total. The van der Waals surface area contributed by atoms with Crippen LogP contribution in [0.1, 0.15) is 15.2 Å². The maximum absolute atomic E-state index is 12.7. The van der Waals surface area contributed by atoms with E-state index in [1.165, 1.54) is 41.8 Å². The minimum atomic E-state index is -4.44. The Morgan fingerprint density at radius 2 is 1.90 bits per heavy atom. The molecular weight excluding hydrogens is 287 g/mol. The van der Waals surface area contributed by atoms with Crippen LogP contribution in [0.5, 0.6) is 0 Å². The Kier molecular flexibility index (Phi) is 4.24. The summed E-state index contributed by atoms with van der Waals surface area (Å²) in [4.78, 5) is 12.2. The van der Waals surface area contributed by atoms with E-state index in [-0.39, 0.29) is 11.5 Å². The number of carbonyl (C=O) groups is 1. The van der Waals surface area contributed by atoms with E-state index >= 15 is 0 Å². The largest absolute Gasteiger partial charge is 0.418 e. The molecule has 1 N–H and O–H groups in total. The third-order valence-corrected chi connectivity index (χ3v) is 3.35. The topological polar surface area (TPSA) is 29.1 Å². The second-order valence-corrected chi connectivity index (χ2v) is 4.81. The predicted molar refractivity (Wildman–Crippen MR) is 72.9 cm³/mol. The van der Waals surface area contributed by atoms with Gasteiger partial charge in [0.2, 0.25) is 0 Å². The normalized spacial score (nSPS) is 11.8. The average molecular weight is 297 g/mol. The average Bonchev–Trinajstić information content (AvgIpc) is 2.92. The summed E-state index contributed by atoms with van der Waals surface area (Å²) >= 11 is 1.28. The highest BCUT2D eigenvalue weighted by Gasteiger charge is 2.32.